The third kappa shape index (κ3) is 10.5. The number of hydrogen-bond acceptors (Lipinski definition) is 10. The highest BCUT2D eigenvalue weighted by Crippen LogP contribution is 2.52. The van der Waals surface area contributed by atoms with Crippen LogP contribution in [0.25, 0.3) is 0 Å². The lowest BCUT2D eigenvalue weighted by Crippen LogP contribution is -2.47. The Balaban J connectivity index is 1.51. The van der Waals surface area contributed by atoms with Crippen LogP contribution in [-0.2, 0) is 30.1 Å². The number of methoxy groups -OCH3 is 1. The number of likely N-dealkylation sites (tertiary alicyclic amines) is 2. The molecule has 1 aromatic rings. The van der Waals surface area contributed by atoms with Gasteiger partial charge in [-0.2, -0.15) is 0 Å². The van der Waals surface area contributed by atoms with Crippen LogP contribution in [0.2, 0.25) is 0 Å². The van der Waals surface area contributed by atoms with Crippen molar-refractivity contribution in [1.29, 1.82) is 0 Å². The van der Waals surface area contributed by atoms with E-state index in [9.17, 15) is 19.2 Å². The molecule has 2 heterocycles. The van der Waals surface area contributed by atoms with Crippen molar-refractivity contribution in [3.63, 3.8) is 0 Å². The lowest BCUT2D eigenvalue weighted by molar-refractivity contribution is -0.0518. The fraction of sp³-hybridized carbons (Fsp3) is 0.722. The minimum Gasteiger partial charge on any atom is -0.497 e. The van der Waals surface area contributed by atoms with Crippen LogP contribution in [0.3, 0.4) is 0 Å². The summed E-state index contributed by atoms with van der Waals surface area (Å²) in [6.07, 6.45) is -0.340. The Kier molecular flexibility index (Phi) is 11.2. The first-order valence-electron chi connectivity index (χ1n) is 17.2. The van der Waals surface area contributed by atoms with Crippen molar-refractivity contribution in [2.75, 3.05) is 20.2 Å². The van der Waals surface area contributed by atoms with Crippen molar-refractivity contribution >= 4 is 24.4 Å². The summed E-state index contributed by atoms with van der Waals surface area (Å²) in [5, 5.41) is 2.82. The highest BCUT2D eigenvalue weighted by Gasteiger charge is 2.57. The number of nitrogens with zero attached hydrogens (tertiary/aromatic N) is 2. The Morgan fingerprint density at radius 3 is 1.96 bits per heavy atom. The molecule has 13 nitrogen and oxygen atoms in total. The highest BCUT2D eigenvalue weighted by atomic mass is 16.7. The maximum Gasteiger partial charge on any atom is 0.509 e. The van der Waals surface area contributed by atoms with Crippen LogP contribution < -0.4 is 10.1 Å². The van der Waals surface area contributed by atoms with Crippen LogP contribution in [0.15, 0.2) is 24.3 Å². The molecule has 4 rings (SSSR count). The minimum absolute atomic E-state index is 0.0814. The van der Waals surface area contributed by atoms with Gasteiger partial charge in [0.25, 0.3) is 0 Å². The molecule has 0 radical (unpaired) electrons. The number of carbonyl (C=O) groups excluding carboxylic acids is 4. The van der Waals surface area contributed by atoms with Crippen LogP contribution in [0.5, 0.6) is 5.75 Å². The van der Waals surface area contributed by atoms with Crippen molar-refractivity contribution in [2.24, 2.45) is 0 Å². The molecule has 274 valence electrons. The van der Waals surface area contributed by atoms with Crippen LogP contribution in [-0.4, -0.2) is 101 Å². The van der Waals surface area contributed by atoms with E-state index >= 15 is 0 Å². The second kappa shape index (κ2) is 14.5. The summed E-state index contributed by atoms with van der Waals surface area (Å²) < 4.78 is 33.8. The molecular weight excluding hydrogens is 634 g/mol. The standard InChI is InChI=1S/C36H55N3O10/c1-33(2,3)47-30(41)38-22-27(45-32(43)49-35(7,8)9)28(26(38)21-23-11-13-25(44-10)14-12-23)46-29(40)37-20-16-24-15-17-36(18-19-36)39(24)31(42)48-34(4,5)6/h11-14,24,26-28H,15-22H2,1-10H3,(H,37,40)/t24-,26+,27-,28-/m0/s1. The van der Waals surface area contributed by atoms with Gasteiger partial charge in [0.15, 0.2) is 12.2 Å². The van der Waals surface area contributed by atoms with Gasteiger partial charge in [0.2, 0.25) is 0 Å². The summed E-state index contributed by atoms with van der Waals surface area (Å²) in [7, 11) is 1.57. The van der Waals surface area contributed by atoms with Crippen LogP contribution >= 0.6 is 0 Å². The van der Waals surface area contributed by atoms with Gasteiger partial charge < -0.3 is 33.7 Å². The third-order valence-electron chi connectivity index (χ3n) is 8.62. The van der Waals surface area contributed by atoms with Gasteiger partial charge in [0, 0.05) is 18.1 Å². The van der Waals surface area contributed by atoms with E-state index in [1.165, 1.54) is 4.90 Å². The fourth-order valence-corrected chi connectivity index (χ4v) is 6.42. The Labute approximate surface area is 290 Å². The van der Waals surface area contributed by atoms with Crippen molar-refractivity contribution < 1.29 is 47.6 Å². The van der Waals surface area contributed by atoms with Gasteiger partial charge in [-0.05, 0) is 119 Å². The van der Waals surface area contributed by atoms with Crippen molar-refractivity contribution in [3.8, 4) is 5.75 Å². The largest absolute Gasteiger partial charge is 0.509 e. The predicted molar refractivity (Wildman–Crippen MR) is 180 cm³/mol. The zero-order chi connectivity index (χ0) is 36.4. The van der Waals surface area contributed by atoms with Gasteiger partial charge in [-0.25, -0.2) is 19.2 Å². The summed E-state index contributed by atoms with van der Waals surface area (Å²) in [6, 6.07) is 6.49. The first-order valence-corrected chi connectivity index (χ1v) is 17.2. The molecule has 1 spiro atoms. The lowest BCUT2D eigenvalue weighted by atomic mass is 10.0. The molecular formula is C36H55N3O10. The lowest BCUT2D eigenvalue weighted by Gasteiger charge is -2.33. The van der Waals surface area contributed by atoms with Gasteiger partial charge in [0.05, 0.1) is 19.7 Å². The van der Waals surface area contributed by atoms with Gasteiger partial charge in [0.1, 0.15) is 22.6 Å². The Bertz CT molecular complexity index is 1340. The number of hydrogen-bond donors (Lipinski definition) is 1. The number of ether oxygens (including phenoxy) is 6. The molecule has 3 aliphatic rings. The zero-order valence-electron chi connectivity index (χ0n) is 30.8. The maximum atomic E-state index is 13.5. The van der Waals surface area contributed by atoms with E-state index in [4.69, 9.17) is 28.4 Å². The van der Waals surface area contributed by atoms with E-state index in [2.05, 4.69) is 5.32 Å². The second-order valence-corrected chi connectivity index (χ2v) is 16.2. The molecule has 1 saturated carbocycles. The second-order valence-electron chi connectivity index (χ2n) is 16.2. The molecule has 1 N–H and O–H groups in total. The summed E-state index contributed by atoms with van der Waals surface area (Å²) in [5.41, 5.74) is -1.56. The molecule has 1 aliphatic carbocycles. The number of carbonyl (C=O) groups is 4. The van der Waals surface area contributed by atoms with Crippen LogP contribution in [0, 0.1) is 0 Å². The fourth-order valence-electron chi connectivity index (χ4n) is 6.42. The van der Waals surface area contributed by atoms with Gasteiger partial charge in [-0.3, -0.25) is 9.80 Å². The average molecular weight is 690 g/mol. The normalized spacial score (nSPS) is 23.1. The Morgan fingerprint density at radius 1 is 0.816 bits per heavy atom. The molecule has 3 amide bonds. The van der Waals surface area contributed by atoms with Crippen LogP contribution in [0.1, 0.15) is 100.0 Å². The highest BCUT2D eigenvalue weighted by molar-refractivity contribution is 5.72. The number of alkyl carbamates (subject to hydrolysis) is 1. The van der Waals surface area contributed by atoms with Gasteiger partial charge in [-0.1, -0.05) is 12.1 Å². The zero-order valence-corrected chi connectivity index (χ0v) is 30.8. The van der Waals surface area contributed by atoms with Gasteiger partial charge >= 0.3 is 24.4 Å². The third-order valence-corrected chi connectivity index (χ3v) is 8.62. The van der Waals surface area contributed by atoms with Crippen molar-refractivity contribution in [3.05, 3.63) is 29.8 Å². The number of nitrogens with one attached hydrogen (secondary N) is 1. The number of benzene rings is 1. The van der Waals surface area contributed by atoms with Crippen LogP contribution in [0.4, 0.5) is 19.2 Å². The molecule has 3 fully saturated rings. The SMILES string of the molecule is COc1ccc(C[C@@H]2[C@H](OC(=O)NCC[C@@H]3CCC4(CC4)N3C(=O)OC(C)(C)C)[C@@H](OC(=O)OC(C)(C)C)CN2C(=O)OC(C)(C)C)cc1. The first kappa shape index (κ1) is 37.9. The number of rotatable bonds is 8. The number of amides is 3. The van der Waals surface area contributed by atoms with E-state index in [-0.39, 0.29) is 37.2 Å². The van der Waals surface area contributed by atoms with E-state index < -0.39 is 53.4 Å². The smallest absolute Gasteiger partial charge is 0.497 e. The molecule has 2 saturated heterocycles. The summed E-state index contributed by atoms with van der Waals surface area (Å²) >= 11 is 0. The first-order chi connectivity index (χ1) is 22.7. The molecule has 4 atom stereocenters. The molecule has 0 unspecified atom stereocenters. The topological polar surface area (TPSA) is 142 Å². The molecule has 0 aromatic heterocycles. The van der Waals surface area contributed by atoms with Gasteiger partial charge in [-0.15, -0.1) is 0 Å². The summed E-state index contributed by atoms with van der Waals surface area (Å²) in [4.78, 5) is 56.2. The molecule has 49 heavy (non-hydrogen) atoms. The molecule has 1 aromatic carbocycles. The monoisotopic (exact) mass is 689 g/mol. The van der Waals surface area contributed by atoms with E-state index in [0.29, 0.717) is 12.2 Å². The van der Waals surface area contributed by atoms with E-state index in [1.54, 1.807) is 60.8 Å². The summed E-state index contributed by atoms with van der Waals surface area (Å²) in [5.74, 6) is 0.664. The van der Waals surface area contributed by atoms with Crippen molar-refractivity contribution in [2.45, 2.75) is 147 Å². The minimum atomic E-state index is -1.05. The molecule has 13 heteroatoms. The van der Waals surface area contributed by atoms with E-state index in [0.717, 1.165) is 31.2 Å². The molecule has 2 aliphatic heterocycles. The van der Waals surface area contributed by atoms with E-state index in [1.807, 2.05) is 37.8 Å². The average Bonchev–Trinajstić information content (AvgIpc) is 3.53. The Morgan fingerprint density at radius 2 is 1.41 bits per heavy atom. The molecule has 0 bridgehead atoms. The maximum absolute atomic E-state index is 13.5. The quantitative estimate of drug-likeness (QED) is 0.235. The summed E-state index contributed by atoms with van der Waals surface area (Å²) in [6.45, 7) is 16.1. The predicted octanol–water partition coefficient (Wildman–Crippen LogP) is 6.59. The van der Waals surface area contributed by atoms with Crippen molar-refractivity contribution in [1.82, 2.24) is 15.1 Å². The Hall–Kier alpha value is -3.90.